The first-order valence-corrected chi connectivity index (χ1v) is 8.74. The lowest BCUT2D eigenvalue weighted by Crippen LogP contribution is -2.41. The largest absolute Gasteiger partial charge is 0.369 e. The number of nitrogens with two attached hydrogens (primary N) is 1. The summed E-state index contributed by atoms with van der Waals surface area (Å²) >= 11 is 0. The van der Waals surface area contributed by atoms with Crippen LogP contribution in [-0.4, -0.2) is 17.2 Å². The Morgan fingerprint density at radius 2 is 1.55 bits per heavy atom. The second-order valence-corrected chi connectivity index (χ2v) is 7.85. The Morgan fingerprint density at radius 3 is 2.05 bits per heavy atom. The number of unbranched alkanes of at least 4 members (excludes halogenated alkanes) is 6. The van der Waals surface area contributed by atoms with Crippen LogP contribution >= 0.6 is 0 Å². The van der Waals surface area contributed by atoms with Crippen molar-refractivity contribution < 1.29 is 4.74 Å². The summed E-state index contributed by atoms with van der Waals surface area (Å²) in [6.07, 6.45) is 11.8. The summed E-state index contributed by atoms with van der Waals surface area (Å²) in [5, 5.41) is 0. The molecule has 1 aliphatic rings. The molecule has 2 N–H and O–H groups in total. The fraction of sp³-hybridized carbons (Fsp3) is 1.00. The maximum Gasteiger partial charge on any atom is 0.0677 e. The lowest BCUT2D eigenvalue weighted by molar-refractivity contribution is -0.0768. The number of hydrogen-bond acceptors (Lipinski definition) is 2. The summed E-state index contributed by atoms with van der Waals surface area (Å²) < 4.78 is 6.16. The summed E-state index contributed by atoms with van der Waals surface area (Å²) in [5.41, 5.74) is 6.38. The average Bonchev–Trinajstić information content (AvgIpc) is 2.56. The zero-order chi connectivity index (χ0) is 15.2. The Kier molecular flexibility index (Phi) is 7.00. The molecule has 1 rings (SSSR count). The van der Waals surface area contributed by atoms with Gasteiger partial charge < -0.3 is 10.5 Å². The van der Waals surface area contributed by atoms with Gasteiger partial charge in [0.1, 0.15) is 0 Å². The van der Waals surface area contributed by atoms with Crippen molar-refractivity contribution >= 4 is 0 Å². The van der Waals surface area contributed by atoms with Crippen LogP contribution < -0.4 is 5.73 Å². The molecule has 0 aromatic rings. The minimum Gasteiger partial charge on any atom is -0.369 e. The van der Waals surface area contributed by atoms with Crippen molar-refractivity contribution in [3.05, 3.63) is 0 Å². The van der Waals surface area contributed by atoms with Gasteiger partial charge in [-0.3, -0.25) is 0 Å². The lowest BCUT2D eigenvalue weighted by Gasteiger charge is -2.31. The third-order valence-electron chi connectivity index (χ3n) is 4.80. The van der Waals surface area contributed by atoms with Gasteiger partial charge in [-0.25, -0.2) is 0 Å². The van der Waals surface area contributed by atoms with E-state index in [2.05, 4.69) is 34.6 Å². The smallest absolute Gasteiger partial charge is 0.0677 e. The molecule has 120 valence electrons. The summed E-state index contributed by atoms with van der Waals surface area (Å²) in [7, 11) is 0. The Morgan fingerprint density at radius 1 is 1.00 bits per heavy atom. The van der Waals surface area contributed by atoms with E-state index < -0.39 is 0 Å². The summed E-state index contributed by atoms with van der Waals surface area (Å²) in [4.78, 5) is 0. The van der Waals surface area contributed by atoms with E-state index in [1.165, 1.54) is 44.9 Å². The minimum absolute atomic E-state index is 0.00800. The van der Waals surface area contributed by atoms with Crippen molar-refractivity contribution in [2.45, 2.75) is 110 Å². The fourth-order valence-electron chi connectivity index (χ4n) is 3.81. The first-order valence-electron chi connectivity index (χ1n) is 8.74. The molecule has 1 fully saturated rings. The van der Waals surface area contributed by atoms with Gasteiger partial charge in [-0.1, -0.05) is 51.9 Å². The van der Waals surface area contributed by atoms with Crippen LogP contribution in [0.15, 0.2) is 0 Å². The Labute approximate surface area is 126 Å². The van der Waals surface area contributed by atoms with E-state index in [9.17, 15) is 0 Å². The molecular formula is C18H37NO. The quantitative estimate of drug-likeness (QED) is 0.601. The van der Waals surface area contributed by atoms with Crippen molar-refractivity contribution in [3.8, 4) is 0 Å². The average molecular weight is 284 g/mol. The monoisotopic (exact) mass is 283 g/mol. The second-order valence-electron chi connectivity index (χ2n) is 7.85. The van der Waals surface area contributed by atoms with Crippen LogP contribution in [0.3, 0.4) is 0 Å². The Balaban J connectivity index is 2.21. The molecule has 0 saturated carbocycles. The van der Waals surface area contributed by atoms with Gasteiger partial charge in [-0.05, 0) is 40.5 Å². The standard InChI is InChI=1S/C18H37NO/c1-6-7-8-9-10-11-12-13-16(19)15-14-17(2,3)20-18(15,4)5/h15-16H,6-14,19H2,1-5H3. The molecule has 20 heavy (non-hydrogen) atoms. The van der Waals surface area contributed by atoms with Gasteiger partial charge in [-0.2, -0.15) is 0 Å². The van der Waals surface area contributed by atoms with E-state index in [1.54, 1.807) is 0 Å². The zero-order valence-corrected chi connectivity index (χ0v) is 14.5. The molecule has 1 aliphatic heterocycles. The van der Waals surface area contributed by atoms with Gasteiger partial charge in [0.05, 0.1) is 11.2 Å². The van der Waals surface area contributed by atoms with E-state index in [4.69, 9.17) is 10.5 Å². The van der Waals surface area contributed by atoms with E-state index in [-0.39, 0.29) is 11.2 Å². The van der Waals surface area contributed by atoms with Gasteiger partial charge in [0.2, 0.25) is 0 Å². The van der Waals surface area contributed by atoms with Crippen LogP contribution in [0.2, 0.25) is 0 Å². The minimum atomic E-state index is -0.0654. The SMILES string of the molecule is CCCCCCCCCC(N)C1CC(C)(C)OC1(C)C. The summed E-state index contributed by atoms with van der Waals surface area (Å²) in [5.74, 6) is 0.498. The number of ether oxygens (including phenoxy) is 1. The zero-order valence-electron chi connectivity index (χ0n) is 14.5. The molecule has 1 saturated heterocycles. The van der Waals surface area contributed by atoms with Gasteiger partial charge in [0.15, 0.2) is 0 Å². The molecule has 2 heteroatoms. The fourth-order valence-corrected chi connectivity index (χ4v) is 3.81. The topological polar surface area (TPSA) is 35.2 Å². The van der Waals surface area contributed by atoms with Crippen molar-refractivity contribution in [1.29, 1.82) is 0 Å². The van der Waals surface area contributed by atoms with E-state index in [1.807, 2.05) is 0 Å². The molecule has 0 aromatic heterocycles. The molecule has 0 aromatic carbocycles. The van der Waals surface area contributed by atoms with Crippen LogP contribution in [-0.2, 0) is 4.74 Å². The van der Waals surface area contributed by atoms with Crippen molar-refractivity contribution in [1.82, 2.24) is 0 Å². The highest BCUT2D eigenvalue weighted by Crippen LogP contribution is 2.43. The van der Waals surface area contributed by atoms with E-state index >= 15 is 0 Å². The number of hydrogen-bond donors (Lipinski definition) is 1. The second kappa shape index (κ2) is 7.79. The molecule has 0 amide bonds. The molecule has 0 radical (unpaired) electrons. The molecule has 2 atom stereocenters. The number of rotatable bonds is 9. The first-order chi connectivity index (χ1) is 9.28. The lowest BCUT2D eigenvalue weighted by atomic mass is 9.80. The van der Waals surface area contributed by atoms with Crippen LogP contribution in [0.1, 0.15) is 92.4 Å². The molecule has 1 heterocycles. The predicted octanol–water partition coefficient (Wildman–Crippen LogP) is 5.05. The third-order valence-corrected chi connectivity index (χ3v) is 4.80. The summed E-state index contributed by atoms with van der Waals surface area (Å²) in [6, 6.07) is 0.294. The van der Waals surface area contributed by atoms with Crippen molar-refractivity contribution in [2.24, 2.45) is 11.7 Å². The predicted molar refractivity (Wildman–Crippen MR) is 87.9 cm³/mol. The van der Waals surface area contributed by atoms with Crippen molar-refractivity contribution in [3.63, 3.8) is 0 Å². The molecule has 0 aliphatic carbocycles. The molecule has 0 bridgehead atoms. The maximum atomic E-state index is 6.46. The van der Waals surface area contributed by atoms with Gasteiger partial charge in [-0.15, -0.1) is 0 Å². The van der Waals surface area contributed by atoms with Gasteiger partial charge in [0.25, 0.3) is 0 Å². The molecule has 2 unspecified atom stereocenters. The van der Waals surface area contributed by atoms with E-state index in [0.29, 0.717) is 12.0 Å². The van der Waals surface area contributed by atoms with E-state index in [0.717, 1.165) is 12.8 Å². The normalized spacial score (nSPS) is 25.8. The highest BCUT2D eigenvalue weighted by atomic mass is 16.5. The molecule has 0 spiro atoms. The Hall–Kier alpha value is -0.0800. The van der Waals surface area contributed by atoms with Crippen LogP contribution in [0, 0.1) is 5.92 Å². The van der Waals surface area contributed by atoms with Crippen molar-refractivity contribution in [2.75, 3.05) is 0 Å². The molecular weight excluding hydrogens is 246 g/mol. The van der Waals surface area contributed by atoms with Crippen LogP contribution in [0.4, 0.5) is 0 Å². The van der Waals surface area contributed by atoms with Gasteiger partial charge in [0, 0.05) is 12.0 Å². The first kappa shape index (κ1) is 18.0. The summed E-state index contributed by atoms with van der Waals surface area (Å²) in [6.45, 7) is 11.1. The highest BCUT2D eigenvalue weighted by Gasteiger charge is 2.47. The molecule has 2 nitrogen and oxygen atoms in total. The van der Waals surface area contributed by atoms with Gasteiger partial charge >= 0.3 is 0 Å². The third kappa shape index (κ3) is 5.73. The van der Waals surface area contributed by atoms with Crippen LogP contribution in [0.25, 0.3) is 0 Å². The van der Waals surface area contributed by atoms with Crippen LogP contribution in [0.5, 0.6) is 0 Å². The Bertz CT molecular complexity index is 273. The maximum absolute atomic E-state index is 6.46. The highest BCUT2D eigenvalue weighted by molar-refractivity contribution is 4.98.